The van der Waals surface area contributed by atoms with Crippen molar-refractivity contribution >= 4 is 29.9 Å². The number of likely N-dealkylation sites (tertiary alicyclic amines) is 1. The van der Waals surface area contributed by atoms with Crippen molar-refractivity contribution in [2.24, 2.45) is 4.99 Å². The highest BCUT2D eigenvalue weighted by Crippen LogP contribution is 2.19. The second-order valence-electron chi connectivity index (χ2n) is 7.97. The van der Waals surface area contributed by atoms with E-state index < -0.39 is 0 Å². The van der Waals surface area contributed by atoms with Crippen LogP contribution in [0.25, 0.3) is 0 Å². The van der Waals surface area contributed by atoms with Crippen molar-refractivity contribution in [2.75, 3.05) is 20.1 Å². The van der Waals surface area contributed by atoms with E-state index in [1.54, 1.807) is 12.7 Å². The van der Waals surface area contributed by atoms with Crippen molar-refractivity contribution in [2.45, 2.75) is 38.5 Å². The standard InChI is InChI=1S/C24H31N7.HI/c1-25-24(27-14-21-9-5-10-22(13-21)17-31-19-26-18-29-31)28-15-23-11-6-12-30(23)16-20-7-3-2-4-8-20;/h2-5,7-10,13,18-19,23H,6,11-12,14-17H2,1H3,(H2,25,27,28);1H. The first-order valence-electron chi connectivity index (χ1n) is 10.9. The summed E-state index contributed by atoms with van der Waals surface area (Å²) in [6.45, 7) is 4.52. The molecule has 1 unspecified atom stereocenters. The molecule has 1 aromatic heterocycles. The molecule has 3 aromatic rings. The highest BCUT2D eigenvalue weighted by Gasteiger charge is 2.24. The summed E-state index contributed by atoms with van der Waals surface area (Å²) in [7, 11) is 1.83. The van der Waals surface area contributed by atoms with Gasteiger partial charge in [0.1, 0.15) is 12.7 Å². The predicted octanol–water partition coefficient (Wildman–Crippen LogP) is 3.27. The molecule has 2 N–H and O–H groups in total. The van der Waals surface area contributed by atoms with Gasteiger partial charge < -0.3 is 10.6 Å². The van der Waals surface area contributed by atoms with Gasteiger partial charge in [-0.05, 0) is 36.1 Å². The minimum Gasteiger partial charge on any atom is -0.355 e. The molecule has 1 fully saturated rings. The quantitative estimate of drug-likeness (QED) is 0.259. The van der Waals surface area contributed by atoms with Crippen LogP contribution in [0.3, 0.4) is 0 Å². The lowest BCUT2D eigenvalue weighted by atomic mass is 10.1. The molecule has 0 saturated carbocycles. The van der Waals surface area contributed by atoms with Gasteiger partial charge in [-0.1, -0.05) is 54.6 Å². The number of nitrogens with one attached hydrogen (secondary N) is 2. The van der Waals surface area contributed by atoms with E-state index in [4.69, 9.17) is 0 Å². The lowest BCUT2D eigenvalue weighted by molar-refractivity contribution is 0.245. The van der Waals surface area contributed by atoms with Gasteiger partial charge in [-0.15, -0.1) is 24.0 Å². The van der Waals surface area contributed by atoms with Gasteiger partial charge in [0.15, 0.2) is 5.96 Å². The van der Waals surface area contributed by atoms with Crippen LogP contribution in [-0.2, 0) is 19.6 Å². The van der Waals surface area contributed by atoms with Crippen LogP contribution in [0.4, 0.5) is 0 Å². The Bertz CT molecular complexity index is 959. The van der Waals surface area contributed by atoms with Crippen molar-refractivity contribution in [1.29, 1.82) is 0 Å². The molecule has 0 spiro atoms. The number of halogens is 1. The molecule has 7 nitrogen and oxygen atoms in total. The molecular formula is C24H32IN7. The predicted molar refractivity (Wildman–Crippen MR) is 139 cm³/mol. The SMILES string of the molecule is CN=C(NCc1cccc(Cn2cncn2)c1)NCC1CCCN1Cc1ccccc1.I. The molecule has 0 aliphatic carbocycles. The highest BCUT2D eigenvalue weighted by atomic mass is 127. The van der Waals surface area contributed by atoms with Crippen LogP contribution in [0.5, 0.6) is 0 Å². The van der Waals surface area contributed by atoms with E-state index in [-0.39, 0.29) is 24.0 Å². The summed E-state index contributed by atoms with van der Waals surface area (Å²) < 4.78 is 1.83. The van der Waals surface area contributed by atoms with Crippen molar-refractivity contribution in [3.8, 4) is 0 Å². The van der Waals surface area contributed by atoms with Gasteiger partial charge in [0.2, 0.25) is 0 Å². The first-order chi connectivity index (χ1) is 15.3. The fraction of sp³-hybridized carbons (Fsp3) is 0.375. The number of hydrogen-bond donors (Lipinski definition) is 2. The maximum Gasteiger partial charge on any atom is 0.191 e. The van der Waals surface area contributed by atoms with Crippen LogP contribution in [-0.4, -0.2) is 51.8 Å². The van der Waals surface area contributed by atoms with E-state index in [2.05, 4.69) is 85.2 Å². The van der Waals surface area contributed by atoms with E-state index in [1.807, 2.05) is 11.7 Å². The smallest absolute Gasteiger partial charge is 0.191 e. The normalized spacial score (nSPS) is 16.5. The Morgan fingerprint density at radius 2 is 1.84 bits per heavy atom. The molecular weight excluding hydrogens is 513 g/mol. The van der Waals surface area contributed by atoms with Crippen molar-refractivity contribution < 1.29 is 0 Å². The summed E-state index contributed by atoms with van der Waals surface area (Å²) in [6, 6.07) is 19.8. The van der Waals surface area contributed by atoms with E-state index >= 15 is 0 Å². The molecule has 1 aliphatic heterocycles. The maximum atomic E-state index is 4.41. The molecule has 0 amide bonds. The van der Waals surface area contributed by atoms with Gasteiger partial charge in [-0.2, -0.15) is 5.10 Å². The fourth-order valence-corrected chi connectivity index (χ4v) is 4.11. The third-order valence-corrected chi connectivity index (χ3v) is 5.72. The van der Waals surface area contributed by atoms with Gasteiger partial charge in [-0.25, -0.2) is 9.67 Å². The van der Waals surface area contributed by atoms with Crippen LogP contribution in [0.15, 0.2) is 72.2 Å². The summed E-state index contributed by atoms with van der Waals surface area (Å²) in [5.74, 6) is 0.841. The summed E-state index contributed by atoms with van der Waals surface area (Å²) in [5, 5.41) is 11.1. The van der Waals surface area contributed by atoms with Gasteiger partial charge in [0.25, 0.3) is 0 Å². The first-order valence-corrected chi connectivity index (χ1v) is 10.9. The molecule has 1 saturated heterocycles. The molecule has 0 radical (unpaired) electrons. The van der Waals surface area contributed by atoms with E-state index in [1.165, 1.54) is 29.5 Å². The fourth-order valence-electron chi connectivity index (χ4n) is 4.11. The third-order valence-electron chi connectivity index (χ3n) is 5.72. The molecule has 1 aliphatic rings. The van der Waals surface area contributed by atoms with Crippen molar-refractivity contribution in [3.05, 3.63) is 83.9 Å². The van der Waals surface area contributed by atoms with E-state index in [0.29, 0.717) is 6.04 Å². The Labute approximate surface area is 207 Å². The lowest BCUT2D eigenvalue weighted by Crippen LogP contribution is -2.44. The Hall–Kier alpha value is -2.46. The Balaban J connectivity index is 0.00000289. The first kappa shape index (κ1) is 24.2. The minimum atomic E-state index is 0. The largest absolute Gasteiger partial charge is 0.355 e. The maximum absolute atomic E-state index is 4.41. The number of nitrogens with zero attached hydrogens (tertiary/aromatic N) is 5. The van der Waals surface area contributed by atoms with Gasteiger partial charge in [0, 0.05) is 32.7 Å². The summed E-state index contributed by atoms with van der Waals surface area (Å²) >= 11 is 0. The Kier molecular flexibility index (Phi) is 9.48. The van der Waals surface area contributed by atoms with Crippen LogP contribution < -0.4 is 10.6 Å². The molecule has 2 aromatic carbocycles. The number of hydrogen-bond acceptors (Lipinski definition) is 4. The summed E-state index contributed by atoms with van der Waals surface area (Å²) in [4.78, 5) is 11.0. The zero-order valence-corrected chi connectivity index (χ0v) is 20.9. The van der Waals surface area contributed by atoms with E-state index in [9.17, 15) is 0 Å². The number of aromatic nitrogens is 3. The average Bonchev–Trinajstić information content (AvgIpc) is 3.47. The Morgan fingerprint density at radius 3 is 2.62 bits per heavy atom. The topological polar surface area (TPSA) is 70.4 Å². The third kappa shape index (κ3) is 7.03. The molecule has 170 valence electrons. The molecule has 32 heavy (non-hydrogen) atoms. The number of guanidine groups is 1. The number of benzene rings is 2. The van der Waals surface area contributed by atoms with Crippen LogP contribution >= 0.6 is 24.0 Å². The van der Waals surface area contributed by atoms with Gasteiger partial charge in [0.05, 0.1) is 6.54 Å². The molecule has 1 atom stereocenters. The number of aliphatic imine (C=N–C) groups is 1. The molecule has 2 heterocycles. The lowest BCUT2D eigenvalue weighted by Gasteiger charge is -2.25. The summed E-state index contributed by atoms with van der Waals surface area (Å²) in [6.07, 6.45) is 5.78. The van der Waals surface area contributed by atoms with E-state index in [0.717, 1.165) is 38.7 Å². The monoisotopic (exact) mass is 545 g/mol. The molecule has 8 heteroatoms. The second kappa shape index (κ2) is 12.5. The summed E-state index contributed by atoms with van der Waals surface area (Å²) in [5.41, 5.74) is 3.80. The zero-order chi connectivity index (χ0) is 21.3. The second-order valence-corrected chi connectivity index (χ2v) is 7.97. The Morgan fingerprint density at radius 1 is 1.03 bits per heavy atom. The zero-order valence-electron chi connectivity index (χ0n) is 18.5. The highest BCUT2D eigenvalue weighted by molar-refractivity contribution is 14.0. The van der Waals surface area contributed by atoms with Crippen LogP contribution in [0.1, 0.15) is 29.5 Å². The van der Waals surface area contributed by atoms with Crippen molar-refractivity contribution in [3.63, 3.8) is 0 Å². The van der Waals surface area contributed by atoms with Crippen LogP contribution in [0.2, 0.25) is 0 Å². The molecule has 0 bridgehead atoms. The van der Waals surface area contributed by atoms with Crippen molar-refractivity contribution in [1.82, 2.24) is 30.3 Å². The van der Waals surface area contributed by atoms with Crippen LogP contribution in [0, 0.1) is 0 Å². The number of rotatable bonds is 8. The van der Waals surface area contributed by atoms with Gasteiger partial charge >= 0.3 is 0 Å². The minimum absolute atomic E-state index is 0. The average molecular weight is 545 g/mol. The molecule has 4 rings (SSSR count). The van der Waals surface area contributed by atoms with Gasteiger partial charge in [-0.3, -0.25) is 9.89 Å².